The van der Waals surface area contributed by atoms with Gasteiger partial charge in [0.2, 0.25) is 0 Å². The maximum atomic E-state index is 12.9. The van der Waals surface area contributed by atoms with E-state index >= 15 is 0 Å². The molecule has 18 heteroatoms. The third-order valence-electron chi connectivity index (χ3n) is 14.4. The lowest BCUT2D eigenvalue weighted by Gasteiger charge is -2.21. The summed E-state index contributed by atoms with van der Waals surface area (Å²) in [5.41, 5.74) is 0. The van der Waals surface area contributed by atoms with E-state index < -0.39 is 91.5 Å². The van der Waals surface area contributed by atoms with Gasteiger partial charge in [0.1, 0.15) is 25.4 Å². The smallest absolute Gasteiger partial charge is 0.463 e. The number of unbranched alkanes of at least 4 members (excludes halogenated alkanes) is 30. The van der Waals surface area contributed by atoms with Crippen molar-refractivity contribution in [2.45, 2.75) is 309 Å². The Morgan fingerprint density at radius 2 is 0.575 bits per heavy atom. The molecule has 0 amide bonds. The van der Waals surface area contributed by atoms with Gasteiger partial charge in [0, 0.05) is 19.3 Å². The lowest BCUT2D eigenvalue weighted by molar-refractivity contribution is -0.161. The van der Waals surface area contributed by atoms with Crippen molar-refractivity contribution >= 4 is 33.6 Å². The maximum absolute atomic E-state index is 12.9. The molecule has 16 nitrogen and oxygen atoms in total. The molecule has 0 aromatic carbocycles. The molecule has 0 spiro atoms. The Kier molecular flexibility index (Phi) is 61.0. The zero-order valence-corrected chi connectivity index (χ0v) is 56.5. The van der Waals surface area contributed by atoms with Gasteiger partial charge in [-0.1, -0.05) is 248 Å². The minimum absolute atomic E-state index is 0.105. The van der Waals surface area contributed by atoms with E-state index in [2.05, 4.69) is 93.7 Å². The second-order valence-corrected chi connectivity index (χ2v) is 25.9. The highest BCUT2D eigenvalue weighted by atomic mass is 31.2. The van der Waals surface area contributed by atoms with Crippen molar-refractivity contribution in [3.8, 4) is 0 Å². The number of hydrogen-bond acceptors (Lipinski definition) is 14. The summed E-state index contributed by atoms with van der Waals surface area (Å²) >= 11 is 0. The number of carbonyl (C=O) groups excluding carboxylic acids is 3. The highest BCUT2D eigenvalue weighted by molar-refractivity contribution is 7.47. The van der Waals surface area contributed by atoms with Crippen molar-refractivity contribution in [1.82, 2.24) is 0 Å². The third-order valence-corrected chi connectivity index (χ3v) is 16.3. The topological polar surface area (TPSA) is 231 Å². The molecular weight excluding hydrogens is 1150 g/mol. The molecule has 0 bridgehead atoms. The van der Waals surface area contributed by atoms with Crippen molar-refractivity contribution in [1.29, 1.82) is 0 Å². The van der Waals surface area contributed by atoms with Crippen LogP contribution in [0.5, 0.6) is 0 Å². The summed E-state index contributed by atoms with van der Waals surface area (Å²) in [5.74, 6) is -1.59. The van der Waals surface area contributed by atoms with Gasteiger partial charge in [0.05, 0.1) is 26.4 Å². The van der Waals surface area contributed by atoms with Crippen LogP contribution in [0.15, 0.2) is 72.9 Å². The summed E-state index contributed by atoms with van der Waals surface area (Å²) in [5, 5.41) is 20.5. The van der Waals surface area contributed by atoms with Crippen molar-refractivity contribution in [3.63, 3.8) is 0 Å². The van der Waals surface area contributed by atoms with Crippen molar-refractivity contribution < 1.29 is 75.8 Å². The van der Waals surface area contributed by atoms with Crippen molar-refractivity contribution in [2.75, 3.05) is 39.6 Å². The maximum Gasteiger partial charge on any atom is 0.472 e. The zero-order valence-electron chi connectivity index (χ0n) is 54.7. The molecule has 0 saturated heterocycles. The summed E-state index contributed by atoms with van der Waals surface area (Å²) in [6, 6.07) is 0. The lowest BCUT2D eigenvalue weighted by atomic mass is 10.0. The first kappa shape index (κ1) is 84.0. The van der Waals surface area contributed by atoms with Gasteiger partial charge in [-0.2, -0.15) is 0 Å². The number of esters is 3. The summed E-state index contributed by atoms with van der Waals surface area (Å²) < 4.78 is 60.9. The molecule has 0 saturated carbocycles. The molecule has 0 aliphatic rings. The SMILES string of the molecule is CCCCC/C=C\C/C=C\C/C=C\CCCCCCCCC(=O)OCC(O)COP(=O)(O)OCC(O)COP(=O)(O)OCC(COC(=O)CCCCCCCC/C=C\C/C=C\C/C=C\CCCCC)OC(=O)CCCCCCCCCCCCCCC. The number of ether oxygens (including phenoxy) is 3. The van der Waals surface area contributed by atoms with Crippen LogP contribution in [0.1, 0.15) is 290 Å². The minimum Gasteiger partial charge on any atom is -0.463 e. The van der Waals surface area contributed by atoms with Crippen LogP contribution in [0.25, 0.3) is 0 Å². The van der Waals surface area contributed by atoms with Crippen LogP contribution in [0.2, 0.25) is 0 Å². The highest BCUT2D eigenvalue weighted by Crippen LogP contribution is 2.45. The van der Waals surface area contributed by atoms with E-state index in [4.69, 9.17) is 32.3 Å². The summed E-state index contributed by atoms with van der Waals surface area (Å²) in [7, 11) is -9.77. The molecule has 0 aliphatic carbocycles. The fourth-order valence-corrected chi connectivity index (χ4v) is 10.7. The van der Waals surface area contributed by atoms with Gasteiger partial charge < -0.3 is 34.2 Å². The minimum atomic E-state index is -4.92. The molecule has 87 heavy (non-hydrogen) atoms. The quantitative estimate of drug-likeness (QED) is 0.0146. The fraction of sp³-hybridized carbons (Fsp3) is 0.783. The van der Waals surface area contributed by atoms with E-state index in [1.165, 1.54) is 96.3 Å². The van der Waals surface area contributed by atoms with Gasteiger partial charge in [-0.3, -0.25) is 32.5 Å². The van der Waals surface area contributed by atoms with Gasteiger partial charge in [0.25, 0.3) is 0 Å². The average Bonchev–Trinajstić information content (AvgIpc) is 3.63. The number of allylic oxidation sites excluding steroid dienone is 12. The third kappa shape index (κ3) is 64.3. The fourth-order valence-electron chi connectivity index (χ4n) is 9.11. The second kappa shape index (κ2) is 63.2. The van der Waals surface area contributed by atoms with E-state index in [9.17, 15) is 43.5 Å². The summed E-state index contributed by atoms with van der Waals surface area (Å²) in [4.78, 5) is 58.3. The first-order valence-corrected chi connectivity index (χ1v) is 37.2. The van der Waals surface area contributed by atoms with Gasteiger partial charge in [0.15, 0.2) is 6.10 Å². The number of phosphoric ester groups is 2. The Hall–Kier alpha value is -3.01. The van der Waals surface area contributed by atoms with Crippen LogP contribution in [-0.4, -0.2) is 95.9 Å². The van der Waals surface area contributed by atoms with E-state index in [1.54, 1.807) is 0 Å². The monoisotopic (exact) mass is 1270 g/mol. The van der Waals surface area contributed by atoms with E-state index in [-0.39, 0.29) is 19.3 Å². The Labute approximate surface area is 528 Å². The highest BCUT2D eigenvalue weighted by Gasteiger charge is 2.29. The molecule has 0 rings (SSSR count). The van der Waals surface area contributed by atoms with Crippen LogP contribution < -0.4 is 0 Å². The first-order chi connectivity index (χ1) is 42.2. The molecule has 0 aromatic heterocycles. The van der Waals surface area contributed by atoms with Crippen molar-refractivity contribution in [2.24, 2.45) is 0 Å². The number of aliphatic hydroxyl groups is 2. The molecule has 0 aliphatic heterocycles. The predicted molar refractivity (Wildman–Crippen MR) is 353 cm³/mol. The normalized spacial score (nSPS) is 14.7. The Balaban J connectivity index is 4.65. The number of aliphatic hydroxyl groups excluding tert-OH is 2. The molecule has 0 radical (unpaired) electrons. The Morgan fingerprint density at radius 1 is 0.322 bits per heavy atom. The van der Waals surface area contributed by atoms with E-state index in [0.717, 1.165) is 135 Å². The number of hydrogen-bond donors (Lipinski definition) is 4. The lowest BCUT2D eigenvalue weighted by Crippen LogP contribution is -2.30. The Bertz CT molecular complexity index is 1880. The van der Waals surface area contributed by atoms with Gasteiger partial charge >= 0.3 is 33.6 Å². The average molecular weight is 1270 g/mol. The summed E-state index contributed by atoms with van der Waals surface area (Å²) in [6.07, 6.45) is 65.2. The van der Waals surface area contributed by atoms with Crippen LogP contribution >= 0.6 is 15.6 Å². The second-order valence-electron chi connectivity index (χ2n) is 23.0. The van der Waals surface area contributed by atoms with Gasteiger partial charge in [-0.25, -0.2) is 9.13 Å². The standard InChI is InChI=1S/C69H124O16P2/c1-4-7-10-13-16-19-22-25-27-29-31-33-35-38-40-43-46-49-52-55-67(72)79-58-64(70)59-81-86(75,76)82-60-65(71)61-83-87(77,78)84-63-66(85-69(74)57-54-51-48-45-42-37-24-21-18-15-12-9-6-3)62-80-68(73)56-53-50-47-44-41-39-36-34-32-30-28-26-23-20-17-14-11-8-5-2/h16-17,19-20,25-28,31-34,64-66,70-71H,4-15,18,21-24,29-30,35-63H2,1-3H3,(H,75,76)(H,77,78)/b19-16-,20-17-,27-25-,28-26-,33-31-,34-32-. The van der Waals surface area contributed by atoms with Crippen LogP contribution in [0.4, 0.5) is 0 Å². The van der Waals surface area contributed by atoms with Crippen LogP contribution in [0, 0.1) is 0 Å². The zero-order chi connectivity index (χ0) is 63.8. The van der Waals surface area contributed by atoms with Gasteiger partial charge in [-0.15, -0.1) is 0 Å². The number of carbonyl (C=O) groups is 3. The van der Waals surface area contributed by atoms with Gasteiger partial charge in [-0.05, 0) is 96.3 Å². The number of rotatable bonds is 65. The predicted octanol–water partition coefficient (Wildman–Crippen LogP) is 18.8. The molecule has 5 atom stereocenters. The molecule has 506 valence electrons. The van der Waals surface area contributed by atoms with E-state index in [0.29, 0.717) is 19.3 Å². The van der Waals surface area contributed by atoms with E-state index in [1.807, 2.05) is 0 Å². The number of phosphoric acid groups is 2. The van der Waals surface area contributed by atoms with Crippen LogP contribution in [-0.2, 0) is 55.8 Å². The largest absolute Gasteiger partial charge is 0.472 e. The van der Waals surface area contributed by atoms with Crippen molar-refractivity contribution in [3.05, 3.63) is 72.9 Å². The first-order valence-electron chi connectivity index (χ1n) is 34.2. The summed E-state index contributed by atoms with van der Waals surface area (Å²) in [6.45, 7) is 2.60. The van der Waals surface area contributed by atoms with Crippen LogP contribution in [0.3, 0.4) is 0 Å². The molecule has 5 unspecified atom stereocenters. The Morgan fingerprint density at radius 3 is 0.931 bits per heavy atom. The molecule has 0 heterocycles. The molecular formula is C69H124O16P2. The molecule has 4 N–H and O–H groups in total. The molecule has 0 fully saturated rings. The molecule has 0 aromatic rings.